The van der Waals surface area contributed by atoms with E-state index < -0.39 is 0 Å². The highest BCUT2D eigenvalue weighted by Gasteiger charge is 2.22. The monoisotopic (exact) mass is 252 g/mol. The van der Waals surface area contributed by atoms with Crippen LogP contribution in [0.3, 0.4) is 0 Å². The molecule has 1 aliphatic carbocycles. The first kappa shape index (κ1) is 12.6. The van der Waals surface area contributed by atoms with Gasteiger partial charge in [-0.05, 0) is 50.1 Å². The topological polar surface area (TPSA) is 42.0 Å². The summed E-state index contributed by atoms with van der Waals surface area (Å²) in [5.74, 6) is 1.73. The van der Waals surface area contributed by atoms with Crippen LogP contribution in [0.2, 0.25) is 0 Å². The SMILES string of the molecule is CC(=O)c1c(C)nsc1NCC1CCC(C)C1. The van der Waals surface area contributed by atoms with Gasteiger partial charge in [-0.1, -0.05) is 13.3 Å². The van der Waals surface area contributed by atoms with E-state index in [2.05, 4.69) is 16.6 Å². The van der Waals surface area contributed by atoms with Crippen LogP contribution in [0.5, 0.6) is 0 Å². The van der Waals surface area contributed by atoms with Gasteiger partial charge < -0.3 is 5.32 Å². The molecule has 0 aromatic carbocycles. The maximum Gasteiger partial charge on any atom is 0.164 e. The first-order valence-electron chi connectivity index (χ1n) is 6.29. The minimum atomic E-state index is 0.110. The van der Waals surface area contributed by atoms with Crippen LogP contribution >= 0.6 is 11.5 Å². The van der Waals surface area contributed by atoms with E-state index in [-0.39, 0.29) is 5.78 Å². The van der Waals surface area contributed by atoms with Crippen LogP contribution in [-0.2, 0) is 0 Å². The normalized spacial score (nSPS) is 23.9. The first-order valence-corrected chi connectivity index (χ1v) is 7.06. The predicted molar refractivity (Wildman–Crippen MR) is 71.9 cm³/mol. The molecule has 94 valence electrons. The smallest absolute Gasteiger partial charge is 0.164 e. The third kappa shape index (κ3) is 2.86. The van der Waals surface area contributed by atoms with E-state index in [1.54, 1.807) is 6.92 Å². The van der Waals surface area contributed by atoms with Crippen LogP contribution in [0.15, 0.2) is 0 Å². The lowest BCUT2D eigenvalue weighted by Crippen LogP contribution is -2.12. The summed E-state index contributed by atoms with van der Waals surface area (Å²) in [6.07, 6.45) is 3.95. The molecule has 0 spiro atoms. The van der Waals surface area contributed by atoms with Gasteiger partial charge in [0.1, 0.15) is 5.00 Å². The minimum absolute atomic E-state index is 0.110. The van der Waals surface area contributed by atoms with Gasteiger partial charge in [0.2, 0.25) is 0 Å². The van der Waals surface area contributed by atoms with Crippen LogP contribution in [0, 0.1) is 18.8 Å². The molecule has 2 rings (SSSR count). The van der Waals surface area contributed by atoms with Crippen molar-refractivity contribution in [1.82, 2.24) is 4.37 Å². The standard InChI is InChI=1S/C13H20N2OS/c1-8-4-5-11(6-8)7-14-13-12(10(3)16)9(2)15-17-13/h8,11,14H,4-7H2,1-3H3. The molecule has 1 aliphatic rings. The number of nitrogens with zero attached hydrogens (tertiary/aromatic N) is 1. The van der Waals surface area contributed by atoms with Crippen molar-refractivity contribution in [2.24, 2.45) is 11.8 Å². The molecular weight excluding hydrogens is 232 g/mol. The van der Waals surface area contributed by atoms with E-state index in [4.69, 9.17) is 0 Å². The summed E-state index contributed by atoms with van der Waals surface area (Å²) in [6.45, 7) is 6.81. The van der Waals surface area contributed by atoms with Gasteiger partial charge in [-0.2, -0.15) is 4.37 Å². The fraction of sp³-hybridized carbons (Fsp3) is 0.692. The minimum Gasteiger partial charge on any atom is -0.375 e. The number of nitrogens with one attached hydrogen (secondary N) is 1. The Bertz CT molecular complexity index is 414. The van der Waals surface area contributed by atoms with Crippen LogP contribution in [0.1, 0.15) is 49.2 Å². The van der Waals surface area contributed by atoms with Gasteiger partial charge in [-0.15, -0.1) is 0 Å². The van der Waals surface area contributed by atoms with Crippen molar-refractivity contribution in [3.8, 4) is 0 Å². The van der Waals surface area contributed by atoms with Crippen LogP contribution in [-0.4, -0.2) is 16.7 Å². The third-order valence-electron chi connectivity index (χ3n) is 3.57. The van der Waals surface area contributed by atoms with Crippen molar-refractivity contribution < 1.29 is 4.79 Å². The average Bonchev–Trinajstić information content (AvgIpc) is 2.82. The number of hydrogen-bond acceptors (Lipinski definition) is 4. The highest BCUT2D eigenvalue weighted by molar-refractivity contribution is 7.10. The van der Waals surface area contributed by atoms with Gasteiger partial charge >= 0.3 is 0 Å². The number of anilines is 1. The number of ketones is 1. The van der Waals surface area contributed by atoms with Gasteiger partial charge in [0.05, 0.1) is 11.3 Å². The Morgan fingerprint density at radius 2 is 2.29 bits per heavy atom. The van der Waals surface area contributed by atoms with Gasteiger partial charge in [-0.3, -0.25) is 4.79 Å². The molecule has 0 saturated heterocycles. The molecule has 1 heterocycles. The molecule has 2 unspecified atom stereocenters. The molecule has 1 aromatic heterocycles. The molecule has 0 aliphatic heterocycles. The molecule has 0 radical (unpaired) electrons. The molecule has 17 heavy (non-hydrogen) atoms. The second-order valence-corrected chi connectivity index (χ2v) is 5.97. The molecule has 1 aromatic rings. The van der Waals surface area contributed by atoms with E-state index in [1.807, 2.05) is 6.92 Å². The largest absolute Gasteiger partial charge is 0.375 e. The number of aryl methyl sites for hydroxylation is 1. The Labute approximate surface area is 107 Å². The summed E-state index contributed by atoms with van der Waals surface area (Å²) < 4.78 is 4.26. The molecule has 0 bridgehead atoms. The zero-order valence-electron chi connectivity index (χ0n) is 10.7. The molecular formula is C13H20N2OS. The summed E-state index contributed by atoms with van der Waals surface area (Å²) >= 11 is 1.41. The zero-order valence-corrected chi connectivity index (χ0v) is 11.6. The fourth-order valence-corrected chi connectivity index (χ4v) is 3.50. The maximum absolute atomic E-state index is 11.5. The second kappa shape index (κ2) is 5.17. The van der Waals surface area contributed by atoms with Crippen molar-refractivity contribution in [2.75, 3.05) is 11.9 Å². The second-order valence-electron chi connectivity index (χ2n) is 5.19. The number of carbonyl (C=O) groups is 1. The molecule has 1 fully saturated rings. The molecule has 2 atom stereocenters. The highest BCUT2D eigenvalue weighted by Crippen LogP contribution is 2.31. The van der Waals surface area contributed by atoms with Gasteiger partial charge in [0, 0.05) is 6.54 Å². The van der Waals surface area contributed by atoms with E-state index in [0.717, 1.165) is 34.6 Å². The average molecular weight is 252 g/mol. The Morgan fingerprint density at radius 3 is 2.88 bits per heavy atom. The summed E-state index contributed by atoms with van der Waals surface area (Å²) in [5.41, 5.74) is 1.63. The highest BCUT2D eigenvalue weighted by atomic mass is 32.1. The Morgan fingerprint density at radius 1 is 1.53 bits per heavy atom. The quantitative estimate of drug-likeness (QED) is 0.834. The molecule has 3 nitrogen and oxygen atoms in total. The number of hydrogen-bond donors (Lipinski definition) is 1. The van der Waals surface area contributed by atoms with Crippen molar-refractivity contribution in [3.05, 3.63) is 11.3 Å². The fourth-order valence-electron chi connectivity index (χ4n) is 2.65. The van der Waals surface area contributed by atoms with E-state index in [9.17, 15) is 4.79 Å². The van der Waals surface area contributed by atoms with Crippen LogP contribution in [0.4, 0.5) is 5.00 Å². The number of carbonyl (C=O) groups excluding carboxylic acids is 1. The van der Waals surface area contributed by atoms with Crippen LogP contribution < -0.4 is 5.32 Å². The number of Topliss-reactive ketones (excluding diaryl/α,β-unsaturated/α-hetero) is 1. The van der Waals surface area contributed by atoms with Gasteiger partial charge in [-0.25, -0.2) is 0 Å². The molecule has 4 heteroatoms. The summed E-state index contributed by atoms with van der Waals surface area (Å²) in [5, 5.41) is 4.37. The summed E-state index contributed by atoms with van der Waals surface area (Å²) in [7, 11) is 0. The summed E-state index contributed by atoms with van der Waals surface area (Å²) in [6, 6.07) is 0. The predicted octanol–water partition coefficient (Wildman–Crippen LogP) is 3.50. The van der Waals surface area contributed by atoms with Crippen molar-refractivity contribution in [3.63, 3.8) is 0 Å². The van der Waals surface area contributed by atoms with Crippen molar-refractivity contribution in [2.45, 2.75) is 40.0 Å². The van der Waals surface area contributed by atoms with Crippen molar-refractivity contribution >= 4 is 22.3 Å². The molecule has 1 N–H and O–H groups in total. The van der Waals surface area contributed by atoms with Gasteiger partial charge in [0.15, 0.2) is 5.78 Å². The van der Waals surface area contributed by atoms with E-state index >= 15 is 0 Å². The van der Waals surface area contributed by atoms with E-state index in [0.29, 0.717) is 0 Å². The van der Waals surface area contributed by atoms with Crippen molar-refractivity contribution in [1.29, 1.82) is 0 Å². The Hall–Kier alpha value is -0.900. The van der Waals surface area contributed by atoms with Gasteiger partial charge in [0.25, 0.3) is 0 Å². The van der Waals surface area contributed by atoms with E-state index in [1.165, 1.54) is 30.8 Å². The molecule has 1 saturated carbocycles. The van der Waals surface area contributed by atoms with Crippen LogP contribution in [0.25, 0.3) is 0 Å². The Kier molecular flexibility index (Phi) is 3.82. The lowest BCUT2D eigenvalue weighted by Gasteiger charge is -2.11. The third-order valence-corrected chi connectivity index (χ3v) is 4.47. The molecule has 0 amide bonds. The zero-order chi connectivity index (χ0) is 12.4. The first-order chi connectivity index (χ1) is 8.08. The maximum atomic E-state index is 11.5. The lowest BCUT2D eigenvalue weighted by atomic mass is 10.1. The number of aromatic nitrogens is 1. The number of rotatable bonds is 4. The Balaban J connectivity index is 1.97. The summed E-state index contributed by atoms with van der Waals surface area (Å²) in [4.78, 5) is 11.5. The lowest BCUT2D eigenvalue weighted by molar-refractivity contribution is 0.101.